The predicted molar refractivity (Wildman–Crippen MR) is 114 cm³/mol. The van der Waals surface area contributed by atoms with Crippen molar-refractivity contribution < 1.29 is 14.3 Å². The molecule has 156 valence electrons. The summed E-state index contributed by atoms with van der Waals surface area (Å²) in [7, 11) is 1.64. The zero-order valence-electron chi connectivity index (χ0n) is 17.0. The first-order valence-electron chi connectivity index (χ1n) is 10.2. The van der Waals surface area contributed by atoms with Gasteiger partial charge in [0.05, 0.1) is 18.6 Å². The van der Waals surface area contributed by atoms with Crippen LogP contribution in [0.1, 0.15) is 28.9 Å². The van der Waals surface area contributed by atoms with E-state index in [1.165, 1.54) is 0 Å². The minimum atomic E-state index is -0.300. The van der Waals surface area contributed by atoms with Crippen molar-refractivity contribution in [2.24, 2.45) is 0 Å². The van der Waals surface area contributed by atoms with Crippen LogP contribution in [0.4, 0.5) is 0 Å². The highest BCUT2D eigenvalue weighted by Crippen LogP contribution is 2.19. The zero-order chi connectivity index (χ0) is 20.9. The van der Waals surface area contributed by atoms with Gasteiger partial charge in [0, 0.05) is 25.1 Å². The number of rotatable bonds is 7. The molecule has 1 fully saturated rings. The molecule has 1 atom stereocenters. The molecular weight excluding hydrogens is 382 g/mol. The molecule has 0 aliphatic carbocycles. The number of nitrogens with one attached hydrogen (secondary N) is 1. The van der Waals surface area contributed by atoms with E-state index < -0.39 is 0 Å². The van der Waals surface area contributed by atoms with Gasteiger partial charge in [0.15, 0.2) is 5.69 Å². The fraction of sp³-hybridized carbons (Fsp3) is 0.348. The molecule has 1 aliphatic heterocycles. The molecule has 30 heavy (non-hydrogen) atoms. The Morgan fingerprint density at radius 1 is 1.20 bits per heavy atom. The first-order chi connectivity index (χ1) is 14.7. The van der Waals surface area contributed by atoms with Crippen LogP contribution in [0.15, 0.2) is 53.3 Å². The first-order valence-corrected chi connectivity index (χ1v) is 10.2. The van der Waals surface area contributed by atoms with Gasteiger partial charge in [0.25, 0.3) is 11.5 Å². The molecular formula is C23H25N3O4. The summed E-state index contributed by atoms with van der Waals surface area (Å²) in [5, 5.41) is 7.58. The van der Waals surface area contributed by atoms with Crippen molar-refractivity contribution in [1.29, 1.82) is 0 Å². The number of carbonyl (C=O) groups is 1. The maximum absolute atomic E-state index is 13.4. The second-order valence-electron chi connectivity index (χ2n) is 7.43. The van der Waals surface area contributed by atoms with Gasteiger partial charge in [-0.3, -0.25) is 9.59 Å². The number of methoxy groups -OCH3 is 1. The molecule has 2 heterocycles. The van der Waals surface area contributed by atoms with Crippen LogP contribution in [0.2, 0.25) is 0 Å². The van der Waals surface area contributed by atoms with Gasteiger partial charge in [-0.25, -0.2) is 5.10 Å². The molecule has 4 rings (SSSR count). The van der Waals surface area contributed by atoms with Gasteiger partial charge in [-0.05, 0) is 43.0 Å². The minimum absolute atomic E-state index is 0.0267. The molecule has 7 heteroatoms. The fourth-order valence-electron chi connectivity index (χ4n) is 3.79. The van der Waals surface area contributed by atoms with E-state index in [9.17, 15) is 9.59 Å². The van der Waals surface area contributed by atoms with Gasteiger partial charge in [0.1, 0.15) is 5.75 Å². The lowest BCUT2D eigenvalue weighted by atomic mass is 10.1. The summed E-state index contributed by atoms with van der Waals surface area (Å²) < 4.78 is 11.0. The van der Waals surface area contributed by atoms with Crippen LogP contribution in [-0.4, -0.2) is 53.9 Å². The van der Waals surface area contributed by atoms with Crippen molar-refractivity contribution in [3.05, 3.63) is 70.1 Å². The molecule has 0 spiro atoms. The number of aromatic amines is 1. The van der Waals surface area contributed by atoms with E-state index in [1.54, 1.807) is 30.2 Å². The molecule has 1 saturated heterocycles. The van der Waals surface area contributed by atoms with Crippen LogP contribution >= 0.6 is 0 Å². The molecule has 2 aromatic carbocycles. The number of carbonyl (C=O) groups excluding carboxylic acids is 1. The van der Waals surface area contributed by atoms with E-state index in [0.29, 0.717) is 30.3 Å². The Bertz CT molecular complexity index is 1070. The van der Waals surface area contributed by atoms with E-state index in [-0.39, 0.29) is 23.3 Å². The lowest BCUT2D eigenvalue weighted by Crippen LogP contribution is -2.39. The van der Waals surface area contributed by atoms with E-state index in [1.807, 2.05) is 30.3 Å². The van der Waals surface area contributed by atoms with Gasteiger partial charge in [0.2, 0.25) is 0 Å². The molecule has 0 bridgehead atoms. The topological polar surface area (TPSA) is 84.5 Å². The first kappa shape index (κ1) is 20.1. The van der Waals surface area contributed by atoms with Gasteiger partial charge in [-0.2, -0.15) is 5.10 Å². The van der Waals surface area contributed by atoms with Crippen molar-refractivity contribution in [2.45, 2.75) is 25.4 Å². The second-order valence-corrected chi connectivity index (χ2v) is 7.43. The van der Waals surface area contributed by atoms with Crippen molar-refractivity contribution in [1.82, 2.24) is 15.1 Å². The van der Waals surface area contributed by atoms with E-state index in [0.717, 1.165) is 30.8 Å². The third kappa shape index (κ3) is 4.36. The number of amides is 1. The molecule has 1 aliphatic rings. The van der Waals surface area contributed by atoms with E-state index in [2.05, 4.69) is 10.2 Å². The van der Waals surface area contributed by atoms with Crippen LogP contribution in [0.3, 0.4) is 0 Å². The summed E-state index contributed by atoms with van der Waals surface area (Å²) in [5.74, 6) is 0.599. The molecule has 7 nitrogen and oxygen atoms in total. The average molecular weight is 407 g/mol. The van der Waals surface area contributed by atoms with E-state index in [4.69, 9.17) is 9.47 Å². The van der Waals surface area contributed by atoms with Gasteiger partial charge < -0.3 is 14.4 Å². The van der Waals surface area contributed by atoms with Crippen molar-refractivity contribution in [3.8, 4) is 5.75 Å². The van der Waals surface area contributed by atoms with Gasteiger partial charge in [-0.15, -0.1) is 0 Å². The quantitative estimate of drug-likeness (QED) is 0.651. The minimum Gasteiger partial charge on any atom is -0.497 e. The van der Waals surface area contributed by atoms with Crippen LogP contribution in [-0.2, 0) is 11.2 Å². The van der Waals surface area contributed by atoms with Gasteiger partial charge in [-0.1, -0.05) is 30.3 Å². The summed E-state index contributed by atoms with van der Waals surface area (Å²) >= 11 is 0. The van der Waals surface area contributed by atoms with Crippen molar-refractivity contribution in [2.75, 3.05) is 26.8 Å². The second kappa shape index (κ2) is 9.09. The summed E-state index contributed by atoms with van der Waals surface area (Å²) in [5.41, 5.74) is 1.07. The normalized spacial score (nSPS) is 16.0. The number of aromatic nitrogens is 2. The molecule has 1 amide bonds. The molecule has 0 saturated carbocycles. The van der Waals surface area contributed by atoms with Crippen LogP contribution in [0.25, 0.3) is 10.8 Å². The zero-order valence-corrected chi connectivity index (χ0v) is 17.0. The van der Waals surface area contributed by atoms with Crippen molar-refractivity contribution in [3.63, 3.8) is 0 Å². The number of ether oxygens (including phenoxy) is 2. The number of nitrogens with zero attached hydrogens (tertiary/aromatic N) is 2. The Morgan fingerprint density at radius 3 is 2.67 bits per heavy atom. The molecule has 3 aromatic rings. The van der Waals surface area contributed by atoms with Crippen LogP contribution < -0.4 is 10.3 Å². The smallest absolute Gasteiger partial charge is 0.275 e. The Morgan fingerprint density at radius 2 is 1.97 bits per heavy atom. The summed E-state index contributed by atoms with van der Waals surface area (Å²) in [4.78, 5) is 27.3. The predicted octanol–water partition coefficient (Wildman–Crippen LogP) is 2.80. The summed E-state index contributed by atoms with van der Waals surface area (Å²) in [6.07, 6.45) is 2.67. The molecule has 1 N–H and O–H groups in total. The van der Waals surface area contributed by atoms with Crippen LogP contribution in [0.5, 0.6) is 5.75 Å². The third-order valence-electron chi connectivity index (χ3n) is 5.46. The third-order valence-corrected chi connectivity index (χ3v) is 5.46. The van der Waals surface area contributed by atoms with Gasteiger partial charge >= 0.3 is 0 Å². The van der Waals surface area contributed by atoms with E-state index >= 15 is 0 Å². The largest absolute Gasteiger partial charge is 0.497 e. The Kier molecular flexibility index (Phi) is 6.09. The summed E-state index contributed by atoms with van der Waals surface area (Å²) in [6.45, 7) is 1.76. The SMILES string of the molecule is COc1ccc(CCN(CC2CCCO2)C(=O)c2n[nH]c(=O)c3ccccc23)cc1. The summed E-state index contributed by atoms with van der Waals surface area (Å²) in [6, 6.07) is 14.9. The number of hydrogen-bond acceptors (Lipinski definition) is 5. The Hall–Kier alpha value is -3.19. The maximum atomic E-state index is 13.4. The average Bonchev–Trinajstić information content (AvgIpc) is 3.30. The molecule has 1 aromatic heterocycles. The van der Waals surface area contributed by atoms with Crippen molar-refractivity contribution >= 4 is 16.7 Å². The maximum Gasteiger partial charge on any atom is 0.275 e. The fourth-order valence-corrected chi connectivity index (χ4v) is 3.79. The monoisotopic (exact) mass is 407 g/mol. The highest BCUT2D eigenvalue weighted by atomic mass is 16.5. The highest BCUT2D eigenvalue weighted by Gasteiger charge is 2.25. The molecule has 1 unspecified atom stereocenters. The highest BCUT2D eigenvalue weighted by molar-refractivity contribution is 6.04. The Balaban J connectivity index is 1.59. The number of hydrogen-bond donors (Lipinski definition) is 1. The number of H-pyrrole nitrogens is 1. The lowest BCUT2D eigenvalue weighted by molar-refractivity contribution is 0.0525. The number of benzene rings is 2. The molecule has 0 radical (unpaired) electrons. The standard InChI is InChI=1S/C23H25N3O4/c1-29-17-10-8-16(9-11-17)12-13-26(15-18-5-4-14-30-18)23(28)21-19-6-2-3-7-20(19)22(27)25-24-21/h2-3,6-11,18H,4-5,12-15H2,1H3,(H,25,27). The number of fused-ring (bicyclic) bond motifs is 1. The Labute approximate surface area is 174 Å². The lowest BCUT2D eigenvalue weighted by Gasteiger charge is -2.25. The van der Waals surface area contributed by atoms with Crippen LogP contribution in [0, 0.1) is 0 Å².